The highest BCUT2D eigenvalue weighted by atomic mass is 16.5. The van der Waals surface area contributed by atoms with E-state index in [1.54, 1.807) is 14.2 Å². The number of hydrogen-bond acceptors (Lipinski definition) is 5. The molecule has 1 saturated carbocycles. The highest BCUT2D eigenvalue weighted by molar-refractivity contribution is 5.46. The van der Waals surface area contributed by atoms with E-state index in [2.05, 4.69) is 16.0 Å². The molecule has 0 saturated heterocycles. The van der Waals surface area contributed by atoms with Crippen molar-refractivity contribution in [3.8, 4) is 11.5 Å². The van der Waals surface area contributed by atoms with Crippen LogP contribution in [-0.2, 0) is 25.9 Å². The summed E-state index contributed by atoms with van der Waals surface area (Å²) in [6.45, 7) is 2.27. The molecule has 0 amide bonds. The summed E-state index contributed by atoms with van der Waals surface area (Å²) < 4.78 is 10.9. The van der Waals surface area contributed by atoms with E-state index in [1.165, 1.54) is 12.8 Å². The predicted molar refractivity (Wildman–Crippen MR) is 98.6 cm³/mol. The molecule has 0 spiro atoms. The van der Waals surface area contributed by atoms with Gasteiger partial charge in [-0.05, 0) is 31.2 Å². The molecule has 0 unspecified atom stereocenters. The van der Waals surface area contributed by atoms with Gasteiger partial charge in [0.2, 0.25) is 0 Å². The van der Waals surface area contributed by atoms with E-state index in [0.717, 1.165) is 60.1 Å². The van der Waals surface area contributed by atoms with E-state index in [-0.39, 0.29) is 5.56 Å². The molecule has 1 aromatic carbocycles. The number of fused-ring (bicyclic) bond motifs is 1. The first kappa shape index (κ1) is 17.1. The maximum atomic E-state index is 12.4. The first-order valence-corrected chi connectivity index (χ1v) is 9.21. The fraction of sp³-hybridized carbons (Fsp3) is 0.500. The summed E-state index contributed by atoms with van der Waals surface area (Å²) in [6, 6.07) is 5.94. The number of aromatic amines is 1. The number of nitrogens with one attached hydrogen (secondary N) is 1. The molecule has 1 aromatic heterocycles. The highest BCUT2D eigenvalue weighted by Crippen LogP contribution is 2.33. The van der Waals surface area contributed by atoms with Crippen LogP contribution in [0.3, 0.4) is 0 Å². The third-order valence-corrected chi connectivity index (χ3v) is 5.26. The van der Waals surface area contributed by atoms with Gasteiger partial charge in [-0.2, -0.15) is 0 Å². The van der Waals surface area contributed by atoms with Crippen molar-refractivity contribution < 1.29 is 9.47 Å². The number of nitrogens with zero attached hydrogens (tertiary/aromatic N) is 2. The normalized spacial score (nSPS) is 17.0. The van der Waals surface area contributed by atoms with Crippen molar-refractivity contribution in [2.24, 2.45) is 5.92 Å². The van der Waals surface area contributed by atoms with Crippen LogP contribution in [0, 0.1) is 5.92 Å². The Morgan fingerprint density at radius 1 is 1.27 bits per heavy atom. The van der Waals surface area contributed by atoms with Crippen LogP contribution in [0.2, 0.25) is 0 Å². The summed E-state index contributed by atoms with van der Waals surface area (Å²) in [6.07, 6.45) is 4.13. The Kier molecular flexibility index (Phi) is 4.68. The molecular weight excluding hydrogens is 330 g/mol. The molecule has 1 fully saturated rings. The van der Waals surface area contributed by atoms with Gasteiger partial charge in [-0.15, -0.1) is 0 Å². The molecule has 4 rings (SSSR count). The zero-order chi connectivity index (χ0) is 18.1. The second kappa shape index (κ2) is 7.11. The summed E-state index contributed by atoms with van der Waals surface area (Å²) >= 11 is 0. The van der Waals surface area contributed by atoms with Crippen molar-refractivity contribution in [1.82, 2.24) is 14.9 Å². The summed E-state index contributed by atoms with van der Waals surface area (Å²) in [5, 5.41) is 0. The molecule has 0 atom stereocenters. The van der Waals surface area contributed by atoms with Crippen LogP contribution in [-0.4, -0.2) is 35.6 Å². The Morgan fingerprint density at radius 3 is 2.85 bits per heavy atom. The minimum atomic E-state index is 0.0456. The average molecular weight is 355 g/mol. The smallest absolute Gasteiger partial charge is 0.254 e. The first-order chi connectivity index (χ1) is 12.7. The van der Waals surface area contributed by atoms with E-state index >= 15 is 0 Å². The van der Waals surface area contributed by atoms with Gasteiger partial charge in [-0.1, -0.05) is 12.1 Å². The number of para-hydroxylation sites is 1. The van der Waals surface area contributed by atoms with Crippen molar-refractivity contribution in [3.63, 3.8) is 0 Å². The van der Waals surface area contributed by atoms with Crippen LogP contribution >= 0.6 is 0 Å². The lowest BCUT2D eigenvalue weighted by atomic mass is 10.0. The number of hydrogen-bond donors (Lipinski definition) is 1. The zero-order valence-corrected chi connectivity index (χ0v) is 15.4. The molecule has 26 heavy (non-hydrogen) atoms. The molecule has 138 valence electrons. The Balaban J connectivity index is 1.55. The van der Waals surface area contributed by atoms with Gasteiger partial charge >= 0.3 is 0 Å². The number of rotatable bonds is 6. The summed E-state index contributed by atoms with van der Waals surface area (Å²) in [5.74, 6) is 3.06. The highest BCUT2D eigenvalue weighted by Gasteiger charge is 2.26. The molecule has 2 aliphatic rings. The van der Waals surface area contributed by atoms with Crippen molar-refractivity contribution in [1.29, 1.82) is 0 Å². The maximum absolute atomic E-state index is 12.4. The molecule has 2 aromatic rings. The van der Waals surface area contributed by atoms with Crippen LogP contribution in [0.1, 0.15) is 35.5 Å². The van der Waals surface area contributed by atoms with Crippen LogP contribution < -0.4 is 15.0 Å². The van der Waals surface area contributed by atoms with Gasteiger partial charge in [0, 0.05) is 37.2 Å². The van der Waals surface area contributed by atoms with Gasteiger partial charge in [0.05, 0.1) is 19.9 Å². The molecule has 0 bridgehead atoms. The van der Waals surface area contributed by atoms with Crippen LogP contribution in [0.25, 0.3) is 0 Å². The minimum absolute atomic E-state index is 0.0456. The third-order valence-electron chi connectivity index (χ3n) is 5.26. The van der Waals surface area contributed by atoms with Gasteiger partial charge < -0.3 is 14.5 Å². The van der Waals surface area contributed by atoms with Crippen molar-refractivity contribution in [3.05, 3.63) is 51.2 Å². The molecule has 1 aliphatic heterocycles. The topological polar surface area (TPSA) is 67.5 Å². The molecule has 6 heteroatoms. The SMILES string of the molecule is COc1cccc(CN2CCc3c(nc(CC4CC4)[nH]c3=O)C2)c1OC. The summed E-state index contributed by atoms with van der Waals surface area (Å²) in [7, 11) is 3.31. The zero-order valence-electron chi connectivity index (χ0n) is 15.4. The van der Waals surface area contributed by atoms with Crippen molar-refractivity contribution >= 4 is 0 Å². The van der Waals surface area contributed by atoms with E-state index in [4.69, 9.17) is 14.5 Å². The lowest BCUT2D eigenvalue weighted by molar-refractivity contribution is 0.235. The monoisotopic (exact) mass is 355 g/mol. The van der Waals surface area contributed by atoms with Gasteiger partial charge in [0.25, 0.3) is 5.56 Å². The second-order valence-corrected chi connectivity index (χ2v) is 7.20. The van der Waals surface area contributed by atoms with Crippen LogP contribution in [0.4, 0.5) is 0 Å². The van der Waals surface area contributed by atoms with Crippen molar-refractivity contribution in [2.75, 3.05) is 20.8 Å². The lowest BCUT2D eigenvalue weighted by Gasteiger charge is -2.28. The third kappa shape index (κ3) is 3.46. The minimum Gasteiger partial charge on any atom is -0.493 e. The Bertz CT molecular complexity index is 858. The van der Waals surface area contributed by atoms with Gasteiger partial charge in [-0.25, -0.2) is 4.98 Å². The maximum Gasteiger partial charge on any atom is 0.254 e. The number of aromatic nitrogens is 2. The quantitative estimate of drug-likeness (QED) is 0.861. The Morgan fingerprint density at radius 2 is 2.12 bits per heavy atom. The number of benzene rings is 1. The summed E-state index contributed by atoms with van der Waals surface area (Å²) in [4.78, 5) is 22.4. The fourth-order valence-electron chi connectivity index (χ4n) is 3.69. The van der Waals surface area contributed by atoms with Crippen LogP contribution in [0.5, 0.6) is 11.5 Å². The molecule has 6 nitrogen and oxygen atoms in total. The Labute approximate surface area is 153 Å². The van der Waals surface area contributed by atoms with E-state index in [9.17, 15) is 4.79 Å². The largest absolute Gasteiger partial charge is 0.493 e. The Hall–Kier alpha value is -2.34. The molecule has 2 heterocycles. The summed E-state index contributed by atoms with van der Waals surface area (Å²) in [5.41, 5.74) is 2.90. The fourth-order valence-corrected chi connectivity index (χ4v) is 3.69. The molecule has 1 aliphatic carbocycles. The standard InChI is InChI=1S/C20H25N3O3/c1-25-17-5-3-4-14(19(17)26-2)11-23-9-8-15-16(12-23)21-18(22-20(15)24)10-13-6-7-13/h3-5,13H,6-12H2,1-2H3,(H,21,22,24). The lowest BCUT2D eigenvalue weighted by Crippen LogP contribution is -2.35. The van der Waals surface area contributed by atoms with E-state index in [0.29, 0.717) is 12.5 Å². The van der Waals surface area contributed by atoms with Gasteiger partial charge in [0.1, 0.15) is 5.82 Å². The van der Waals surface area contributed by atoms with E-state index < -0.39 is 0 Å². The number of methoxy groups -OCH3 is 2. The van der Waals surface area contributed by atoms with E-state index in [1.807, 2.05) is 12.1 Å². The molecule has 0 radical (unpaired) electrons. The van der Waals surface area contributed by atoms with Crippen molar-refractivity contribution in [2.45, 2.75) is 38.8 Å². The number of H-pyrrole nitrogens is 1. The van der Waals surface area contributed by atoms with Gasteiger partial charge in [0.15, 0.2) is 11.5 Å². The van der Waals surface area contributed by atoms with Gasteiger partial charge in [-0.3, -0.25) is 9.69 Å². The number of ether oxygens (including phenoxy) is 2. The second-order valence-electron chi connectivity index (χ2n) is 7.20. The predicted octanol–water partition coefficient (Wildman–Crippen LogP) is 2.30. The molecule has 1 N–H and O–H groups in total. The molecular formula is C20H25N3O3. The average Bonchev–Trinajstić information content (AvgIpc) is 3.45. The van der Waals surface area contributed by atoms with Crippen LogP contribution in [0.15, 0.2) is 23.0 Å². The first-order valence-electron chi connectivity index (χ1n) is 9.21.